The van der Waals surface area contributed by atoms with E-state index in [0.29, 0.717) is 5.41 Å². The van der Waals surface area contributed by atoms with E-state index in [1.165, 1.54) is 19.3 Å². The first kappa shape index (κ1) is 8.85. The monoisotopic (exact) mass is 182 g/mol. The zero-order valence-corrected chi connectivity index (χ0v) is 8.31. The van der Waals surface area contributed by atoms with Crippen LogP contribution < -0.4 is 5.32 Å². The average Bonchev–Trinajstić information content (AvgIpc) is 2.90. The van der Waals surface area contributed by atoms with E-state index in [-0.39, 0.29) is 6.03 Å². The van der Waals surface area contributed by atoms with Crippen LogP contribution >= 0.6 is 0 Å². The standard InChI is InChI=1S/C10H18N2O/c1-2-10(4-5-10)8-12-7-3-6-11-9(12)13/h2-8H2,1H3,(H,11,13). The second-order valence-electron chi connectivity index (χ2n) is 4.36. The highest BCUT2D eigenvalue weighted by Gasteiger charge is 2.43. The summed E-state index contributed by atoms with van der Waals surface area (Å²) in [6.07, 6.45) is 4.95. The minimum atomic E-state index is 0.144. The van der Waals surface area contributed by atoms with Gasteiger partial charge in [0.15, 0.2) is 0 Å². The second kappa shape index (κ2) is 3.20. The lowest BCUT2D eigenvalue weighted by Crippen LogP contribution is -2.48. The summed E-state index contributed by atoms with van der Waals surface area (Å²) in [5.41, 5.74) is 0.495. The average molecular weight is 182 g/mol. The molecule has 2 aliphatic rings. The number of nitrogens with zero attached hydrogens (tertiary/aromatic N) is 1. The third-order valence-corrected chi connectivity index (χ3v) is 3.40. The van der Waals surface area contributed by atoms with Gasteiger partial charge in [-0.3, -0.25) is 0 Å². The van der Waals surface area contributed by atoms with Crippen molar-refractivity contribution in [2.45, 2.75) is 32.6 Å². The topological polar surface area (TPSA) is 32.3 Å². The number of hydrogen-bond donors (Lipinski definition) is 1. The maximum atomic E-state index is 11.4. The Morgan fingerprint density at radius 1 is 1.54 bits per heavy atom. The van der Waals surface area contributed by atoms with E-state index < -0.39 is 0 Å². The highest BCUT2D eigenvalue weighted by Crippen LogP contribution is 2.49. The van der Waals surface area contributed by atoms with Crippen LogP contribution in [0.5, 0.6) is 0 Å². The molecule has 0 unspecified atom stereocenters. The Balaban J connectivity index is 1.89. The molecule has 2 fully saturated rings. The van der Waals surface area contributed by atoms with Gasteiger partial charge in [-0.2, -0.15) is 0 Å². The van der Waals surface area contributed by atoms with Crippen molar-refractivity contribution in [3.8, 4) is 0 Å². The summed E-state index contributed by atoms with van der Waals surface area (Å²) in [6.45, 7) is 5.02. The van der Waals surface area contributed by atoms with Gasteiger partial charge in [-0.25, -0.2) is 4.79 Å². The van der Waals surface area contributed by atoms with E-state index in [9.17, 15) is 4.79 Å². The van der Waals surface area contributed by atoms with Crippen molar-refractivity contribution < 1.29 is 4.79 Å². The van der Waals surface area contributed by atoms with Gasteiger partial charge in [-0.1, -0.05) is 6.92 Å². The Morgan fingerprint density at radius 3 is 2.85 bits per heavy atom. The molecule has 1 aliphatic carbocycles. The van der Waals surface area contributed by atoms with Gasteiger partial charge in [0, 0.05) is 19.6 Å². The highest BCUT2D eigenvalue weighted by molar-refractivity contribution is 5.74. The maximum Gasteiger partial charge on any atom is 0.317 e. The number of amides is 2. The van der Waals surface area contributed by atoms with Gasteiger partial charge in [-0.15, -0.1) is 0 Å². The van der Waals surface area contributed by atoms with Crippen LogP contribution in [0.15, 0.2) is 0 Å². The molecule has 0 spiro atoms. The van der Waals surface area contributed by atoms with Gasteiger partial charge in [-0.05, 0) is 31.1 Å². The van der Waals surface area contributed by atoms with Gasteiger partial charge in [0.05, 0.1) is 0 Å². The molecular formula is C10H18N2O. The van der Waals surface area contributed by atoms with E-state index in [2.05, 4.69) is 12.2 Å². The number of carbonyl (C=O) groups is 1. The van der Waals surface area contributed by atoms with Crippen LogP contribution in [0, 0.1) is 5.41 Å². The molecule has 0 aromatic heterocycles. The second-order valence-corrected chi connectivity index (χ2v) is 4.36. The molecule has 2 amide bonds. The van der Waals surface area contributed by atoms with Crippen LogP contribution in [0.3, 0.4) is 0 Å². The zero-order chi connectivity index (χ0) is 9.31. The normalized spacial score (nSPS) is 25.6. The van der Waals surface area contributed by atoms with Gasteiger partial charge in [0.1, 0.15) is 0 Å². The van der Waals surface area contributed by atoms with Crippen LogP contribution in [0.4, 0.5) is 4.79 Å². The van der Waals surface area contributed by atoms with Gasteiger partial charge in [0.25, 0.3) is 0 Å². The van der Waals surface area contributed by atoms with Crippen LogP contribution in [-0.2, 0) is 0 Å². The Morgan fingerprint density at radius 2 is 2.31 bits per heavy atom. The first-order valence-corrected chi connectivity index (χ1v) is 5.29. The van der Waals surface area contributed by atoms with Gasteiger partial charge in [0.2, 0.25) is 0 Å². The minimum absolute atomic E-state index is 0.144. The van der Waals surface area contributed by atoms with Crippen molar-refractivity contribution in [1.29, 1.82) is 0 Å². The molecule has 0 aromatic rings. The highest BCUT2D eigenvalue weighted by atomic mass is 16.2. The summed E-state index contributed by atoms with van der Waals surface area (Å²) in [5, 5.41) is 2.89. The van der Waals surface area contributed by atoms with Crippen LogP contribution in [0.25, 0.3) is 0 Å². The third-order valence-electron chi connectivity index (χ3n) is 3.40. The molecule has 1 saturated carbocycles. The quantitative estimate of drug-likeness (QED) is 0.706. The first-order valence-electron chi connectivity index (χ1n) is 5.29. The Hall–Kier alpha value is -0.730. The predicted molar refractivity (Wildman–Crippen MR) is 51.5 cm³/mol. The summed E-state index contributed by atoms with van der Waals surface area (Å²) >= 11 is 0. The summed E-state index contributed by atoms with van der Waals surface area (Å²) in [7, 11) is 0. The molecule has 74 valence electrons. The molecule has 2 rings (SSSR count). The molecule has 0 bridgehead atoms. The van der Waals surface area contributed by atoms with Crippen LogP contribution in [-0.4, -0.2) is 30.6 Å². The molecule has 1 saturated heterocycles. The van der Waals surface area contributed by atoms with Crippen molar-refractivity contribution in [2.24, 2.45) is 5.41 Å². The lowest BCUT2D eigenvalue weighted by Gasteiger charge is -2.30. The number of urea groups is 1. The molecule has 3 nitrogen and oxygen atoms in total. The first-order chi connectivity index (χ1) is 6.26. The predicted octanol–water partition coefficient (Wildman–Crippen LogP) is 1.59. The molecule has 0 radical (unpaired) electrons. The maximum absolute atomic E-state index is 11.4. The smallest absolute Gasteiger partial charge is 0.317 e. The van der Waals surface area contributed by atoms with Crippen molar-refractivity contribution in [2.75, 3.05) is 19.6 Å². The third kappa shape index (κ3) is 1.79. The zero-order valence-electron chi connectivity index (χ0n) is 8.31. The fourth-order valence-corrected chi connectivity index (χ4v) is 2.03. The van der Waals surface area contributed by atoms with Crippen LogP contribution in [0.2, 0.25) is 0 Å². The summed E-state index contributed by atoms with van der Waals surface area (Å²) in [5.74, 6) is 0. The Labute approximate surface area is 79.5 Å². The molecule has 3 heteroatoms. The van der Waals surface area contributed by atoms with Crippen LogP contribution in [0.1, 0.15) is 32.6 Å². The van der Waals surface area contributed by atoms with Crippen molar-refractivity contribution >= 4 is 6.03 Å². The van der Waals surface area contributed by atoms with E-state index >= 15 is 0 Å². The molecule has 1 aliphatic heterocycles. The van der Waals surface area contributed by atoms with E-state index in [1.807, 2.05) is 4.90 Å². The van der Waals surface area contributed by atoms with Gasteiger partial charge >= 0.3 is 6.03 Å². The SMILES string of the molecule is CCC1(CN2CCCNC2=O)CC1. The summed E-state index contributed by atoms with van der Waals surface area (Å²) < 4.78 is 0. The Bertz CT molecular complexity index is 211. The molecule has 1 N–H and O–H groups in total. The lowest BCUT2D eigenvalue weighted by molar-refractivity contribution is 0.170. The van der Waals surface area contributed by atoms with Gasteiger partial charge < -0.3 is 10.2 Å². The lowest BCUT2D eigenvalue weighted by atomic mass is 10.0. The Kier molecular flexibility index (Phi) is 2.18. The molecule has 0 atom stereocenters. The van der Waals surface area contributed by atoms with Crippen molar-refractivity contribution in [3.63, 3.8) is 0 Å². The van der Waals surface area contributed by atoms with E-state index in [0.717, 1.165) is 26.1 Å². The summed E-state index contributed by atoms with van der Waals surface area (Å²) in [6, 6.07) is 0.144. The summed E-state index contributed by atoms with van der Waals surface area (Å²) in [4.78, 5) is 13.4. The molecule has 1 heterocycles. The van der Waals surface area contributed by atoms with Crippen molar-refractivity contribution in [3.05, 3.63) is 0 Å². The molecule has 0 aromatic carbocycles. The minimum Gasteiger partial charge on any atom is -0.338 e. The van der Waals surface area contributed by atoms with Crippen molar-refractivity contribution in [1.82, 2.24) is 10.2 Å². The van der Waals surface area contributed by atoms with E-state index in [4.69, 9.17) is 0 Å². The van der Waals surface area contributed by atoms with E-state index in [1.54, 1.807) is 0 Å². The molecule has 13 heavy (non-hydrogen) atoms. The largest absolute Gasteiger partial charge is 0.338 e. The fraction of sp³-hybridized carbons (Fsp3) is 0.900. The number of nitrogens with one attached hydrogen (secondary N) is 1. The number of hydrogen-bond acceptors (Lipinski definition) is 1. The number of carbonyl (C=O) groups excluding carboxylic acids is 1. The molecular weight excluding hydrogens is 164 g/mol. The fourth-order valence-electron chi connectivity index (χ4n) is 2.03. The number of rotatable bonds is 3.